The van der Waals surface area contributed by atoms with Crippen molar-refractivity contribution in [3.63, 3.8) is 0 Å². The third-order valence-corrected chi connectivity index (χ3v) is 5.96. The number of hydrogen-bond donors (Lipinski definition) is 1. The molecule has 0 aliphatic carbocycles. The Bertz CT molecular complexity index is 955. The lowest BCUT2D eigenvalue weighted by Crippen LogP contribution is -2.48. The Morgan fingerprint density at radius 3 is 2.47 bits per heavy atom. The SMILES string of the molecule is CC(C)(C)c1ccc(C2=NOC3(CCN(C(=O)Nc4cccc(F)c4)CC3)C2)cc1. The van der Waals surface area contributed by atoms with Gasteiger partial charge in [-0.25, -0.2) is 9.18 Å². The summed E-state index contributed by atoms with van der Waals surface area (Å²) in [7, 11) is 0. The quantitative estimate of drug-likeness (QED) is 0.730. The summed E-state index contributed by atoms with van der Waals surface area (Å²) < 4.78 is 13.3. The molecule has 0 bridgehead atoms. The number of urea groups is 1. The maximum atomic E-state index is 13.3. The first-order valence-electron chi connectivity index (χ1n) is 10.4. The number of benzene rings is 2. The molecule has 1 saturated heterocycles. The highest BCUT2D eigenvalue weighted by Gasteiger charge is 2.43. The van der Waals surface area contributed by atoms with Crippen LogP contribution in [0.4, 0.5) is 14.9 Å². The average molecular weight is 410 g/mol. The summed E-state index contributed by atoms with van der Waals surface area (Å²) in [5.41, 5.74) is 3.58. The fourth-order valence-corrected chi connectivity index (χ4v) is 3.99. The summed E-state index contributed by atoms with van der Waals surface area (Å²) >= 11 is 0. The molecule has 158 valence electrons. The molecule has 0 saturated carbocycles. The molecule has 30 heavy (non-hydrogen) atoms. The third-order valence-electron chi connectivity index (χ3n) is 5.96. The van der Waals surface area contributed by atoms with Gasteiger partial charge in [-0.1, -0.05) is 56.3 Å². The maximum absolute atomic E-state index is 13.3. The van der Waals surface area contributed by atoms with Crippen LogP contribution in [-0.2, 0) is 10.3 Å². The van der Waals surface area contributed by atoms with E-state index < -0.39 is 0 Å². The highest BCUT2D eigenvalue weighted by atomic mass is 19.1. The first kappa shape index (κ1) is 20.4. The molecule has 2 heterocycles. The van der Waals surface area contributed by atoms with E-state index in [4.69, 9.17) is 4.84 Å². The molecule has 2 amide bonds. The maximum Gasteiger partial charge on any atom is 0.321 e. The van der Waals surface area contributed by atoms with E-state index >= 15 is 0 Å². The van der Waals surface area contributed by atoms with Gasteiger partial charge >= 0.3 is 6.03 Å². The molecule has 0 unspecified atom stereocenters. The third kappa shape index (κ3) is 4.32. The van der Waals surface area contributed by atoms with E-state index in [-0.39, 0.29) is 22.9 Å². The smallest absolute Gasteiger partial charge is 0.321 e. The molecule has 0 atom stereocenters. The molecule has 2 aromatic carbocycles. The molecule has 4 rings (SSSR count). The summed E-state index contributed by atoms with van der Waals surface area (Å²) in [6, 6.07) is 14.2. The van der Waals surface area contributed by atoms with Gasteiger partial charge in [0, 0.05) is 38.0 Å². The summed E-state index contributed by atoms with van der Waals surface area (Å²) in [4.78, 5) is 20.1. The lowest BCUT2D eigenvalue weighted by Gasteiger charge is -2.37. The second kappa shape index (κ2) is 7.74. The molecule has 6 heteroatoms. The number of anilines is 1. The number of rotatable bonds is 2. The van der Waals surface area contributed by atoms with E-state index in [1.807, 2.05) is 0 Å². The lowest BCUT2D eigenvalue weighted by molar-refractivity contribution is -0.0544. The molecule has 2 aliphatic heterocycles. The molecule has 1 N–H and O–H groups in total. The van der Waals surface area contributed by atoms with Crippen LogP contribution < -0.4 is 5.32 Å². The highest BCUT2D eigenvalue weighted by molar-refractivity contribution is 6.01. The van der Waals surface area contributed by atoms with Crippen LogP contribution in [-0.4, -0.2) is 35.3 Å². The minimum atomic E-state index is -0.370. The monoisotopic (exact) mass is 409 g/mol. The molecule has 0 radical (unpaired) electrons. The van der Waals surface area contributed by atoms with E-state index in [9.17, 15) is 9.18 Å². The van der Waals surface area contributed by atoms with Crippen molar-refractivity contribution < 1.29 is 14.0 Å². The summed E-state index contributed by atoms with van der Waals surface area (Å²) in [5.74, 6) is -0.370. The standard InChI is InChI=1S/C24H28FN3O2/c1-23(2,3)18-9-7-17(8-10-18)21-16-24(30-27-21)11-13-28(14-12-24)22(29)26-20-6-4-5-19(25)15-20/h4-10,15H,11-14,16H2,1-3H3,(H,26,29). The van der Waals surface area contributed by atoms with Crippen LogP contribution in [0.25, 0.3) is 0 Å². The van der Waals surface area contributed by atoms with Crippen molar-refractivity contribution in [2.24, 2.45) is 5.16 Å². The van der Waals surface area contributed by atoms with Crippen LogP contribution in [0, 0.1) is 5.82 Å². The van der Waals surface area contributed by atoms with Crippen molar-refractivity contribution in [2.75, 3.05) is 18.4 Å². The van der Waals surface area contributed by atoms with Gasteiger partial charge in [-0.05, 0) is 34.7 Å². The van der Waals surface area contributed by atoms with Gasteiger partial charge in [0.05, 0.1) is 5.71 Å². The zero-order valence-corrected chi connectivity index (χ0v) is 17.7. The summed E-state index contributed by atoms with van der Waals surface area (Å²) in [5, 5.41) is 7.14. The van der Waals surface area contributed by atoms with Crippen LogP contribution in [0.15, 0.2) is 53.7 Å². The zero-order valence-electron chi connectivity index (χ0n) is 17.7. The number of likely N-dealkylation sites (tertiary alicyclic amines) is 1. The number of halogens is 1. The van der Waals surface area contributed by atoms with E-state index in [1.54, 1.807) is 17.0 Å². The Hall–Kier alpha value is -2.89. The lowest BCUT2D eigenvalue weighted by atomic mass is 9.84. The largest absolute Gasteiger partial charge is 0.388 e. The first-order valence-corrected chi connectivity index (χ1v) is 10.4. The number of carbonyl (C=O) groups excluding carboxylic acids is 1. The Morgan fingerprint density at radius 2 is 1.83 bits per heavy atom. The van der Waals surface area contributed by atoms with Gasteiger partial charge < -0.3 is 15.1 Å². The normalized spacial score (nSPS) is 18.1. The van der Waals surface area contributed by atoms with Crippen LogP contribution in [0.3, 0.4) is 0 Å². The fourth-order valence-electron chi connectivity index (χ4n) is 3.99. The minimum absolute atomic E-state index is 0.118. The van der Waals surface area contributed by atoms with Crippen molar-refractivity contribution in [3.8, 4) is 0 Å². The van der Waals surface area contributed by atoms with Gasteiger partial charge in [0.2, 0.25) is 0 Å². The molecule has 1 fully saturated rings. The van der Waals surface area contributed by atoms with Crippen LogP contribution in [0.2, 0.25) is 0 Å². The molecule has 2 aliphatic rings. The average Bonchev–Trinajstić information content (AvgIpc) is 3.11. The molecule has 0 aromatic heterocycles. The summed E-state index contributed by atoms with van der Waals surface area (Å²) in [6.07, 6.45) is 2.19. The van der Waals surface area contributed by atoms with Crippen molar-refractivity contribution in [3.05, 3.63) is 65.5 Å². The van der Waals surface area contributed by atoms with Gasteiger partial charge in [0.15, 0.2) is 0 Å². The van der Waals surface area contributed by atoms with E-state index in [2.05, 4.69) is 55.5 Å². The summed E-state index contributed by atoms with van der Waals surface area (Å²) in [6.45, 7) is 7.75. The fraction of sp³-hybridized carbons (Fsp3) is 0.417. The number of nitrogens with one attached hydrogen (secondary N) is 1. The van der Waals surface area contributed by atoms with Crippen LogP contribution in [0.1, 0.15) is 51.2 Å². The molecule has 1 spiro atoms. The highest BCUT2D eigenvalue weighted by Crippen LogP contribution is 2.36. The number of hydrogen-bond acceptors (Lipinski definition) is 3. The molecule has 2 aromatic rings. The van der Waals surface area contributed by atoms with Crippen LogP contribution >= 0.6 is 0 Å². The van der Waals surface area contributed by atoms with E-state index in [0.29, 0.717) is 18.8 Å². The number of piperidine rings is 1. The Morgan fingerprint density at radius 1 is 1.13 bits per heavy atom. The van der Waals surface area contributed by atoms with E-state index in [0.717, 1.165) is 30.5 Å². The number of nitrogens with zero attached hydrogens (tertiary/aromatic N) is 2. The van der Waals surface area contributed by atoms with Gasteiger partial charge in [-0.2, -0.15) is 0 Å². The zero-order chi connectivity index (χ0) is 21.4. The topological polar surface area (TPSA) is 53.9 Å². The van der Waals surface area contributed by atoms with Crippen molar-refractivity contribution in [1.29, 1.82) is 0 Å². The second-order valence-corrected chi connectivity index (χ2v) is 9.24. The number of carbonyl (C=O) groups is 1. The van der Waals surface area contributed by atoms with Crippen molar-refractivity contribution in [2.45, 2.75) is 51.0 Å². The van der Waals surface area contributed by atoms with Gasteiger partial charge in [0.25, 0.3) is 0 Å². The van der Waals surface area contributed by atoms with Crippen LogP contribution in [0.5, 0.6) is 0 Å². The number of oxime groups is 1. The Balaban J connectivity index is 1.34. The van der Waals surface area contributed by atoms with Gasteiger partial charge in [0.1, 0.15) is 11.4 Å². The second-order valence-electron chi connectivity index (χ2n) is 9.24. The Labute approximate surface area is 176 Å². The predicted molar refractivity (Wildman–Crippen MR) is 116 cm³/mol. The number of amides is 2. The molecular formula is C24H28FN3O2. The van der Waals surface area contributed by atoms with E-state index in [1.165, 1.54) is 17.7 Å². The predicted octanol–water partition coefficient (Wildman–Crippen LogP) is 5.31. The van der Waals surface area contributed by atoms with Crippen molar-refractivity contribution in [1.82, 2.24) is 4.90 Å². The molecular weight excluding hydrogens is 381 g/mol. The first-order chi connectivity index (χ1) is 14.2. The van der Waals surface area contributed by atoms with Gasteiger partial charge in [-0.15, -0.1) is 0 Å². The van der Waals surface area contributed by atoms with Crippen molar-refractivity contribution >= 4 is 17.4 Å². The molecule has 5 nitrogen and oxygen atoms in total. The van der Waals surface area contributed by atoms with Gasteiger partial charge in [-0.3, -0.25) is 0 Å². The minimum Gasteiger partial charge on any atom is -0.388 e. The Kier molecular flexibility index (Phi) is 5.26.